The molecule has 0 bridgehead atoms. The van der Waals surface area contributed by atoms with Crippen LogP contribution in [-0.4, -0.2) is 0 Å². The van der Waals surface area contributed by atoms with Crippen LogP contribution in [-0.2, 0) is 0 Å². The van der Waals surface area contributed by atoms with Crippen LogP contribution in [0.2, 0.25) is 0 Å². The normalized spacial score (nSPS) is 12.0. The standard InChI is InChI=1S/C48H31N/c1-2-13-35(14-3-1)49-47-24-11-10-21-44(47)40-18-7-8-19-41(40)45-23-12-22-36(48(45)49)33-27-25-32(26-28-33)34-29-30-43-39-17-5-4-15-37(39)38-16-6-9-20-42(38)46(43)31-34/h1-31H. The monoisotopic (exact) mass is 621 g/mol. The number of hydrogen-bond acceptors (Lipinski definition) is 1. The number of para-hydroxylation sites is 3. The molecule has 0 radical (unpaired) electrons. The van der Waals surface area contributed by atoms with Gasteiger partial charge in [-0.3, -0.25) is 0 Å². The Bertz CT molecular complexity index is 2670. The minimum atomic E-state index is 1.14. The summed E-state index contributed by atoms with van der Waals surface area (Å²) in [4.78, 5) is 2.45. The molecule has 9 aromatic rings. The van der Waals surface area contributed by atoms with Gasteiger partial charge in [-0.1, -0.05) is 164 Å². The van der Waals surface area contributed by atoms with Gasteiger partial charge >= 0.3 is 0 Å². The molecule has 0 saturated carbocycles. The van der Waals surface area contributed by atoms with Crippen molar-refractivity contribution in [3.8, 4) is 44.5 Å². The highest BCUT2D eigenvalue weighted by Crippen LogP contribution is 2.53. The fourth-order valence-corrected chi connectivity index (χ4v) is 7.98. The molecule has 1 aliphatic rings. The first-order chi connectivity index (χ1) is 24.3. The Hall–Kier alpha value is -6.44. The number of rotatable bonds is 3. The number of anilines is 3. The Morgan fingerprint density at radius 3 is 1.43 bits per heavy atom. The Balaban J connectivity index is 1.15. The second kappa shape index (κ2) is 11.1. The molecule has 0 aromatic heterocycles. The molecule has 0 amide bonds. The van der Waals surface area contributed by atoms with Crippen LogP contribution in [0.1, 0.15) is 0 Å². The van der Waals surface area contributed by atoms with Gasteiger partial charge < -0.3 is 4.90 Å². The van der Waals surface area contributed by atoms with Crippen LogP contribution >= 0.6 is 0 Å². The molecule has 1 heterocycles. The van der Waals surface area contributed by atoms with Gasteiger partial charge in [-0.15, -0.1) is 0 Å². The molecule has 0 N–H and O–H groups in total. The molecular weight excluding hydrogens is 591 g/mol. The average Bonchev–Trinajstić information content (AvgIpc) is 3.31. The maximum Gasteiger partial charge on any atom is 0.0618 e. The van der Waals surface area contributed by atoms with Crippen LogP contribution in [0.3, 0.4) is 0 Å². The zero-order chi connectivity index (χ0) is 32.3. The van der Waals surface area contributed by atoms with Crippen LogP contribution < -0.4 is 4.90 Å². The van der Waals surface area contributed by atoms with Gasteiger partial charge in [0.05, 0.1) is 11.4 Å². The number of hydrogen-bond donors (Lipinski definition) is 0. The molecule has 1 heteroatoms. The van der Waals surface area contributed by atoms with E-state index in [2.05, 4.69) is 193 Å². The zero-order valence-corrected chi connectivity index (χ0v) is 26.8. The molecule has 1 nitrogen and oxygen atoms in total. The van der Waals surface area contributed by atoms with Crippen molar-refractivity contribution in [2.75, 3.05) is 4.90 Å². The van der Waals surface area contributed by atoms with Gasteiger partial charge in [0.1, 0.15) is 0 Å². The third-order valence-electron chi connectivity index (χ3n) is 10.2. The molecule has 0 aliphatic carbocycles. The van der Waals surface area contributed by atoms with Gasteiger partial charge in [-0.25, -0.2) is 0 Å². The Morgan fingerprint density at radius 1 is 0.265 bits per heavy atom. The summed E-state index contributed by atoms with van der Waals surface area (Å²) in [7, 11) is 0. The second-order valence-corrected chi connectivity index (χ2v) is 12.9. The van der Waals surface area contributed by atoms with Crippen molar-refractivity contribution in [1.29, 1.82) is 0 Å². The molecule has 0 fully saturated rings. The van der Waals surface area contributed by atoms with E-state index in [4.69, 9.17) is 0 Å². The molecule has 0 saturated heterocycles. The van der Waals surface area contributed by atoms with Crippen molar-refractivity contribution in [2.24, 2.45) is 0 Å². The summed E-state index contributed by atoms with van der Waals surface area (Å²) in [6, 6.07) is 68.8. The maximum absolute atomic E-state index is 2.45. The Morgan fingerprint density at radius 2 is 0.735 bits per heavy atom. The first-order valence-electron chi connectivity index (χ1n) is 16.9. The first kappa shape index (κ1) is 27.7. The molecule has 0 atom stereocenters. The molecule has 0 unspecified atom stereocenters. The summed E-state index contributed by atoms with van der Waals surface area (Å²) >= 11 is 0. The van der Waals surface area contributed by atoms with Crippen LogP contribution in [0.4, 0.5) is 17.1 Å². The van der Waals surface area contributed by atoms with E-state index in [1.165, 1.54) is 88.2 Å². The van der Waals surface area contributed by atoms with E-state index >= 15 is 0 Å². The number of benzene rings is 9. The van der Waals surface area contributed by atoms with Crippen LogP contribution in [0.25, 0.3) is 76.8 Å². The van der Waals surface area contributed by atoms with E-state index in [1.54, 1.807) is 0 Å². The van der Waals surface area contributed by atoms with Gasteiger partial charge in [0, 0.05) is 22.4 Å². The highest BCUT2D eigenvalue weighted by Gasteiger charge is 2.28. The number of fused-ring (bicyclic) bond motifs is 11. The predicted molar refractivity (Wildman–Crippen MR) is 209 cm³/mol. The average molecular weight is 622 g/mol. The van der Waals surface area contributed by atoms with E-state index < -0.39 is 0 Å². The van der Waals surface area contributed by atoms with E-state index in [0.717, 1.165) is 5.69 Å². The van der Waals surface area contributed by atoms with E-state index in [-0.39, 0.29) is 0 Å². The van der Waals surface area contributed by atoms with Crippen molar-refractivity contribution in [3.05, 3.63) is 188 Å². The zero-order valence-electron chi connectivity index (χ0n) is 26.8. The molecular formula is C48H31N. The van der Waals surface area contributed by atoms with Crippen molar-refractivity contribution >= 4 is 49.4 Å². The van der Waals surface area contributed by atoms with E-state index in [1.807, 2.05) is 0 Å². The fraction of sp³-hybridized carbons (Fsp3) is 0. The first-order valence-corrected chi connectivity index (χ1v) is 16.9. The van der Waals surface area contributed by atoms with Gasteiger partial charge in [0.25, 0.3) is 0 Å². The van der Waals surface area contributed by atoms with E-state index in [0.29, 0.717) is 0 Å². The van der Waals surface area contributed by atoms with Gasteiger partial charge in [-0.2, -0.15) is 0 Å². The molecule has 49 heavy (non-hydrogen) atoms. The summed E-state index contributed by atoms with van der Waals surface area (Å²) in [5, 5.41) is 7.79. The van der Waals surface area contributed by atoms with Crippen LogP contribution in [0.15, 0.2) is 188 Å². The third kappa shape index (κ3) is 4.33. The smallest absolute Gasteiger partial charge is 0.0618 e. The van der Waals surface area contributed by atoms with Crippen LogP contribution in [0.5, 0.6) is 0 Å². The third-order valence-corrected chi connectivity index (χ3v) is 10.2. The lowest BCUT2D eigenvalue weighted by Crippen LogP contribution is -2.12. The van der Waals surface area contributed by atoms with Gasteiger partial charge in [0.15, 0.2) is 0 Å². The molecule has 1 aliphatic heterocycles. The molecule has 0 spiro atoms. The van der Waals surface area contributed by atoms with Crippen LogP contribution in [0, 0.1) is 0 Å². The summed E-state index contributed by atoms with van der Waals surface area (Å²) in [6.45, 7) is 0. The molecule has 9 aromatic carbocycles. The highest BCUT2D eigenvalue weighted by molar-refractivity contribution is 6.25. The van der Waals surface area contributed by atoms with Crippen molar-refractivity contribution < 1.29 is 0 Å². The van der Waals surface area contributed by atoms with Crippen molar-refractivity contribution in [2.45, 2.75) is 0 Å². The fourth-order valence-electron chi connectivity index (χ4n) is 7.98. The lowest BCUT2D eigenvalue weighted by molar-refractivity contribution is 1.29. The van der Waals surface area contributed by atoms with Gasteiger partial charge in [0.2, 0.25) is 0 Å². The largest absolute Gasteiger partial charge is 0.309 e. The predicted octanol–water partition coefficient (Wildman–Crippen LogP) is 13.6. The summed E-state index contributed by atoms with van der Waals surface area (Å²) < 4.78 is 0. The number of nitrogens with zero attached hydrogens (tertiary/aromatic N) is 1. The lowest BCUT2D eigenvalue weighted by Gasteiger charge is -2.29. The van der Waals surface area contributed by atoms with Crippen molar-refractivity contribution in [3.63, 3.8) is 0 Å². The summed E-state index contributed by atoms with van der Waals surface area (Å²) in [5.74, 6) is 0. The summed E-state index contributed by atoms with van der Waals surface area (Å²) in [5.41, 5.74) is 13.3. The summed E-state index contributed by atoms with van der Waals surface area (Å²) in [6.07, 6.45) is 0. The minimum Gasteiger partial charge on any atom is -0.309 e. The van der Waals surface area contributed by atoms with Crippen molar-refractivity contribution in [1.82, 2.24) is 0 Å². The minimum absolute atomic E-state index is 1.14. The second-order valence-electron chi connectivity index (χ2n) is 12.9. The highest BCUT2D eigenvalue weighted by atomic mass is 15.2. The molecule has 228 valence electrons. The topological polar surface area (TPSA) is 3.24 Å². The lowest BCUT2D eigenvalue weighted by atomic mass is 9.90. The quantitative estimate of drug-likeness (QED) is 0.177. The Kier molecular flexibility index (Phi) is 6.25. The Labute approximate surface area is 286 Å². The van der Waals surface area contributed by atoms with Gasteiger partial charge in [-0.05, 0) is 84.4 Å². The maximum atomic E-state index is 2.45. The molecule has 10 rings (SSSR count). The van der Waals surface area contributed by atoms with E-state index in [9.17, 15) is 0 Å². The SMILES string of the molecule is c1ccc(N2c3ccccc3-c3ccccc3-c3cccc(-c4ccc(-c5ccc6c7ccccc7c7ccccc7c6c5)cc4)c32)cc1.